The molecule has 2 heterocycles. The number of hydrogen-bond acceptors (Lipinski definition) is 5. The van der Waals surface area contributed by atoms with Gasteiger partial charge in [0, 0.05) is 36.0 Å². The van der Waals surface area contributed by atoms with E-state index in [-0.39, 0.29) is 37.2 Å². The number of rotatable bonds is 7. The zero-order valence-electron chi connectivity index (χ0n) is 16.5. The summed E-state index contributed by atoms with van der Waals surface area (Å²) in [5.74, 6) is -0.153. The molecule has 2 aromatic carbocycles. The van der Waals surface area contributed by atoms with Crippen molar-refractivity contribution in [3.63, 3.8) is 0 Å². The van der Waals surface area contributed by atoms with Gasteiger partial charge in [-0.1, -0.05) is 24.3 Å². The molecular formula is C21H21N5O3S. The van der Waals surface area contributed by atoms with E-state index in [4.69, 9.17) is 12.2 Å². The Morgan fingerprint density at radius 3 is 2.43 bits per heavy atom. The average Bonchev–Trinajstić information content (AvgIpc) is 3.12. The third-order valence-electron chi connectivity index (χ3n) is 5.24. The summed E-state index contributed by atoms with van der Waals surface area (Å²) in [6.07, 6.45) is 0.572. The highest BCUT2D eigenvalue weighted by atomic mass is 32.1. The van der Waals surface area contributed by atoms with Crippen LogP contribution in [0.4, 0.5) is 0 Å². The number of amides is 3. The Balaban J connectivity index is 1.37. The van der Waals surface area contributed by atoms with Crippen LogP contribution >= 0.6 is 12.2 Å². The number of aromatic nitrogens is 3. The van der Waals surface area contributed by atoms with Crippen molar-refractivity contribution >= 4 is 40.7 Å². The fourth-order valence-corrected chi connectivity index (χ4v) is 4.04. The topological polar surface area (TPSA) is 100 Å². The summed E-state index contributed by atoms with van der Waals surface area (Å²) in [6, 6.07) is 10.9. The van der Waals surface area contributed by atoms with E-state index in [1.165, 1.54) is 4.90 Å². The van der Waals surface area contributed by atoms with E-state index in [0.717, 1.165) is 5.39 Å². The van der Waals surface area contributed by atoms with Gasteiger partial charge in [-0.25, -0.2) is 0 Å². The largest absolute Gasteiger partial charge is 0.349 e. The number of H-pyrrole nitrogens is 1. The zero-order chi connectivity index (χ0) is 21.3. The van der Waals surface area contributed by atoms with Crippen LogP contribution in [0.3, 0.4) is 0 Å². The lowest BCUT2D eigenvalue weighted by Gasteiger charge is -2.27. The molecule has 2 N–H and O–H groups in total. The van der Waals surface area contributed by atoms with Gasteiger partial charge in [0.25, 0.3) is 11.8 Å². The Morgan fingerprint density at radius 1 is 1.13 bits per heavy atom. The van der Waals surface area contributed by atoms with Crippen LogP contribution in [0.5, 0.6) is 0 Å². The highest BCUT2D eigenvalue weighted by molar-refractivity contribution is 7.71. The third-order valence-corrected chi connectivity index (χ3v) is 5.55. The minimum atomic E-state index is -0.316. The van der Waals surface area contributed by atoms with Gasteiger partial charge in [-0.2, -0.15) is 5.10 Å². The van der Waals surface area contributed by atoms with Gasteiger partial charge in [0.1, 0.15) is 0 Å². The van der Waals surface area contributed by atoms with Gasteiger partial charge < -0.3 is 9.88 Å². The molecule has 1 aromatic heterocycles. The molecule has 4 rings (SSSR count). The molecule has 30 heavy (non-hydrogen) atoms. The van der Waals surface area contributed by atoms with Gasteiger partial charge in [-0.05, 0) is 43.1 Å². The fourth-order valence-electron chi connectivity index (χ4n) is 3.76. The van der Waals surface area contributed by atoms with Crippen LogP contribution in [0.15, 0.2) is 36.4 Å². The van der Waals surface area contributed by atoms with Gasteiger partial charge in [0.05, 0.1) is 6.54 Å². The van der Waals surface area contributed by atoms with E-state index in [1.807, 2.05) is 31.2 Å². The molecule has 3 aromatic rings. The third kappa shape index (κ3) is 3.52. The van der Waals surface area contributed by atoms with Crippen LogP contribution in [-0.2, 0) is 17.9 Å². The van der Waals surface area contributed by atoms with E-state index in [9.17, 15) is 14.4 Å². The maximum atomic E-state index is 12.9. The van der Waals surface area contributed by atoms with Crippen molar-refractivity contribution in [2.75, 3.05) is 6.54 Å². The summed E-state index contributed by atoms with van der Waals surface area (Å²) in [5, 5.41) is 11.2. The second-order valence-electron chi connectivity index (χ2n) is 7.04. The summed E-state index contributed by atoms with van der Waals surface area (Å²) in [6.45, 7) is 3.05. The number of benzene rings is 2. The normalized spacial score (nSPS) is 13.2. The first kappa shape index (κ1) is 20.0. The van der Waals surface area contributed by atoms with Crippen molar-refractivity contribution in [2.24, 2.45) is 0 Å². The fraction of sp³-hybridized carbons (Fsp3) is 0.286. The predicted octanol–water partition coefficient (Wildman–Crippen LogP) is 2.81. The lowest BCUT2D eigenvalue weighted by molar-refractivity contribution is -0.121. The number of nitrogens with one attached hydrogen (secondary N) is 2. The number of nitrogens with zero attached hydrogens (tertiary/aromatic N) is 3. The van der Waals surface area contributed by atoms with Crippen LogP contribution in [0.2, 0.25) is 0 Å². The zero-order valence-corrected chi connectivity index (χ0v) is 17.3. The van der Waals surface area contributed by atoms with E-state index in [2.05, 4.69) is 15.5 Å². The maximum absolute atomic E-state index is 12.9. The number of carbonyl (C=O) groups excluding carboxylic acids is 3. The summed E-state index contributed by atoms with van der Waals surface area (Å²) >= 11 is 5.13. The van der Waals surface area contributed by atoms with Crippen molar-refractivity contribution in [2.45, 2.75) is 32.9 Å². The summed E-state index contributed by atoms with van der Waals surface area (Å²) in [5.41, 5.74) is 1.05. The van der Waals surface area contributed by atoms with E-state index in [0.29, 0.717) is 40.1 Å². The molecule has 0 unspecified atom stereocenters. The van der Waals surface area contributed by atoms with Crippen molar-refractivity contribution in [1.29, 1.82) is 0 Å². The molecule has 1 aliphatic rings. The highest BCUT2D eigenvalue weighted by Crippen LogP contribution is 2.30. The number of carbonyl (C=O) groups is 3. The molecule has 0 saturated carbocycles. The van der Waals surface area contributed by atoms with Crippen molar-refractivity contribution in [3.8, 4) is 0 Å². The molecule has 0 fully saturated rings. The SMILES string of the molecule is CCn1c(CNC(=O)CCCN2C(=O)c3cccc4cccc(c34)C2=O)n[nH]c1=S. The van der Waals surface area contributed by atoms with Crippen LogP contribution in [-0.4, -0.2) is 43.9 Å². The number of imide groups is 1. The molecule has 0 bridgehead atoms. The molecule has 154 valence electrons. The first-order chi connectivity index (χ1) is 14.5. The van der Waals surface area contributed by atoms with Gasteiger partial charge in [0.2, 0.25) is 5.91 Å². The van der Waals surface area contributed by atoms with Crippen LogP contribution in [0, 0.1) is 4.77 Å². The molecule has 8 nitrogen and oxygen atoms in total. The molecule has 0 aliphatic carbocycles. The van der Waals surface area contributed by atoms with Gasteiger partial charge in [-0.3, -0.25) is 24.4 Å². The Hall–Kier alpha value is -3.33. The Kier molecular flexibility index (Phi) is 5.45. The standard InChI is InChI=1S/C21H21N5O3S/c1-2-25-16(23-24-21(25)30)12-22-17(27)10-5-11-26-19(28)14-8-3-6-13-7-4-9-15(18(13)14)20(26)29/h3-4,6-9H,2,5,10-12H2,1H3,(H,22,27)(H,24,30). The van der Waals surface area contributed by atoms with E-state index in [1.54, 1.807) is 16.7 Å². The minimum absolute atomic E-state index is 0.175. The lowest BCUT2D eigenvalue weighted by atomic mass is 9.94. The summed E-state index contributed by atoms with van der Waals surface area (Å²) < 4.78 is 2.32. The summed E-state index contributed by atoms with van der Waals surface area (Å²) in [4.78, 5) is 39.1. The number of aromatic amines is 1. The lowest BCUT2D eigenvalue weighted by Crippen LogP contribution is -2.41. The highest BCUT2D eigenvalue weighted by Gasteiger charge is 2.32. The molecule has 0 saturated heterocycles. The molecule has 0 spiro atoms. The molecule has 1 aliphatic heterocycles. The van der Waals surface area contributed by atoms with E-state index >= 15 is 0 Å². The van der Waals surface area contributed by atoms with Crippen molar-refractivity contribution < 1.29 is 14.4 Å². The van der Waals surface area contributed by atoms with Crippen LogP contribution in [0.1, 0.15) is 46.3 Å². The quantitative estimate of drug-likeness (QED) is 0.450. The molecule has 3 amide bonds. The second-order valence-corrected chi connectivity index (χ2v) is 7.43. The minimum Gasteiger partial charge on any atom is -0.349 e. The predicted molar refractivity (Wildman–Crippen MR) is 113 cm³/mol. The Labute approximate surface area is 177 Å². The first-order valence-electron chi connectivity index (χ1n) is 9.80. The molecule has 9 heteroatoms. The molecular weight excluding hydrogens is 402 g/mol. The first-order valence-corrected chi connectivity index (χ1v) is 10.2. The number of hydrogen-bond donors (Lipinski definition) is 2. The van der Waals surface area contributed by atoms with Crippen molar-refractivity contribution in [1.82, 2.24) is 25.0 Å². The second kappa shape index (κ2) is 8.19. The van der Waals surface area contributed by atoms with Gasteiger partial charge in [-0.15, -0.1) is 0 Å². The Bertz CT molecular complexity index is 1160. The molecule has 0 radical (unpaired) electrons. The van der Waals surface area contributed by atoms with Crippen LogP contribution < -0.4 is 5.32 Å². The smallest absolute Gasteiger partial charge is 0.261 e. The molecule has 0 atom stereocenters. The van der Waals surface area contributed by atoms with Crippen LogP contribution in [0.25, 0.3) is 10.8 Å². The Morgan fingerprint density at radius 2 is 1.80 bits per heavy atom. The maximum Gasteiger partial charge on any atom is 0.261 e. The average molecular weight is 423 g/mol. The van der Waals surface area contributed by atoms with Gasteiger partial charge in [0.15, 0.2) is 10.6 Å². The summed E-state index contributed by atoms with van der Waals surface area (Å²) in [7, 11) is 0. The van der Waals surface area contributed by atoms with Crippen molar-refractivity contribution in [3.05, 3.63) is 58.1 Å². The monoisotopic (exact) mass is 423 g/mol. The van der Waals surface area contributed by atoms with Gasteiger partial charge >= 0.3 is 0 Å². The van der Waals surface area contributed by atoms with E-state index < -0.39 is 0 Å².